The van der Waals surface area contributed by atoms with Gasteiger partial charge in [0.25, 0.3) is 0 Å². The molecule has 118 valence electrons. The van der Waals surface area contributed by atoms with Crippen molar-refractivity contribution in [3.8, 4) is 0 Å². The van der Waals surface area contributed by atoms with Crippen LogP contribution in [0, 0.1) is 0 Å². The number of hydrogen-bond donors (Lipinski definition) is 2. The van der Waals surface area contributed by atoms with Gasteiger partial charge in [0.1, 0.15) is 17.3 Å². The van der Waals surface area contributed by atoms with Gasteiger partial charge < -0.3 is 16.0 Å². The molecule has 0 unspecified atom stereocenters. The molecule has 0 atom stereocenters. The third kappa shape index (κ3) is 3.04. The Bertz CT molecular complexity index is 677. The summed E-state index contributed by atoms with van der Waals surface area (Å²) >= 11 is 0. The van der Waals surface area contributed by atoms with Crippen molar-refractivity contribution < 1.29 is 7.65 Å². The van der Waals surface area contributed by atoms with E-state index in [-0.39, 0.29) is 20.1 Å². The number of anilines is 2. The minimum Gasteiger partial charge on any atom is -0.383 e. The van der Waals surface area contributed by atoms with E-state index in [9.17, 15) is 4.79 Å². The maximum atomic E-state index is 12.5. The molecule has 0 radical (unpaired) electrons. The molecule has 7 nitrogen and oxygen atoms in total. The van der Waals surface area contributed by atoms with E-state index in [2.05, 4.69) is 25.2 Å². The molecule has 22 heavy (non-hydrogen) atoms. The maximum Gasteiger partial charge on any atom is 0.216 e. The van der Waals surface area contributed by atoms with Crippen molar-refractivity contribution in [3.63, 3.8) is 0 Å². The Morgan fingerprint density at radius 3 is 3.09 bits per heavy atom. The van der Waals surface area contributed by atoms with Crippen molar-refractivity contribution in [2.24, 2.45) is 0 Å². The maximum absolute atomic E-state index is 12.5. The lowest BCUT2D eigenvalue weighted by molar-refractivity contribution is 0.103. The van der Waals surface area contributed by atoms with Crippen LogP contribution in [0.15, 0.2) is 30.7 Å². The van der Waals surface area contributed by atoms with E-state index in [1.165, 1.54) is 6.20 Å². The first-order chi connectivity index (χ1) is 10.8. The van der Waals surface area contributed by atoms with Crippen molar-refractivity contribution >= 4 is 17.4 Å². The van der Waals surface area contributed by atoms with Crippen LogP contribution in [0.2, 0.25) is 0 Å². The third-order valence-corrected chi connectivity index (χ3v) is 3.60. The molecule has 1 fully saturated rings. The van der Waals surface area contributed by atoms with Crippen LogP contribution in [-0.4, -0.2) is 46.9 Å². The van der Waals surface area contributed by atoms with Crippen LogP contribution in [0.4, 0.5) is 11.6 Å². The topological polar surface area (TPSA) is 97.0 Å². The number of rotatable bonds is 3. The summed E-state index contributed by atoms with van der Waals surface area (Å²) in [7, 11) is 0. The summed E-state index contributed by atoms with van der Waals surface area (Å²) in [6.07, 6.45) is 5.75. The lowest BCUT2D eigenvalue weighted by Gasteiger charge is -2.20. The molecule has 0 aromatic carbocycles. The number of nitrogens with zero attached hydrogens (tertiary/aromatic N) is 4. The molecule has 0 bridgehead atoms. The number of carbonyl (C=O) groups excluding carboxylic acids is 1. The van der Waals surface area contributed by atoms with Gasteiger partial charge >= 0.3 is 0 Å². The average Bonchev–Trinajstić information content (AvgIpc) is 2.84. The zero-order valence-electron chi connectivity index (χ0n) is 12.2. The Morgan fingerprint density at radius 2 is 2.23 bits per heavy atom. The lowest BCUT2D eigenvalue weighted by atomic mass is 10.1. The smallest absolute Gasteiger partial charge is 0.216 e. The predicted octanol–water partition coefficient (Wildman–Crippen LogP) is 0.976. The van der Waals surface area contributed by atoms with Gasteiger partial charge in [-0.25, -0.2) is 9.97 Å². The number of ketones is 1. The van der Waals surface area contributed by atoms with Crippen molar-refractivity contribution in [2.75, 3.05) is 36.8 Å². The zero-order valence-corrected chi connectivity index (χ0v) is 12.2. The number of aromatic nitrogens is 3. The molecule has 0 aliphatic carbocycles. The van der Waals surface area contributed by atoms with E-state index < -0.39 is 0 Å². The molecule has 3 heterocycles. The highest BCUT2D eigenvalue weighted by Gasteiger charge is 2.17. The highest BCUT2D eigenvalue weighted by Crippen LogP contribution is 2.16. The third-order valence-electron chi connectivity index (χ3n) is 3.60. The van der Waals surface area contributed by atoms with Crippen LogP contribution >= 0.6 is 0 Å². The predicted molar refractivity (Wildman–Crippen MR) is 88.0 cm³/mol. The largest absolute Gasteiger partial charge is 0.383 e. The lowest BCUT2D eigenvalue weighted by Crippen LogP contribution is -2.29. The molecule has 2 aromatic heterocycles. The van der Waals surface area contributed by atoms with Gasteiger partial charge in [-0.15, -0.1) is 0 Å². The second-order valence-corrected chi connectivity index (χ2v) is 5.12. The van der Waals surface area contributed by atoms with Gasteiger partial charge in [-0.1, -0.05) is 0 Å². The molecule has 0 amide bonds. The molecule has 1 aliphatic rings. The molecule has 7 heteroatoms. The number of carbonyl (C=O) groups is 1. The summed E-state index contributed by atoms with van der Waals surface area (Å²) in [4.78, 5) is 27.2. The van der Waals surface area contributed by atoms with E-state index in [0.717, 1.165) is 38.4 Å². The first-order valence-corrected chi connectivity index (χ1v) is 7.28. The number of nitrogen functional groups attached to an aromatic ring is 1. The Labute approximate surface area is 131 Å². The van der Waals surface area contributed by atoms with Crippen LogP contribution in [-0.2, 0) is 0 Å². The van der Waals surface area contributed by atoms with Gasteiger partial charge in [0.15, 0.2) is 0 Å². The SMILES string of the molecule is Nc1ncccc1C(=O)c1cncc(N2CCCNCC2)n1.[HH].[HH]. The van der Waals surface area contributed by atoms with Crippen LogP contribution < -0.4 is 16.0 Å². The van der Waals surface area contributed by atoms with E-state index >= 15 is 0 Å². The summed E-state index contributed by atoms with van der Waals surface area (Å²) < 4.78 is 0. The van der Waals surface area contributed by atoms with E-state index in [1.807, 2.05) is 0 Å². The van der Waals surface area contributed by atoms with Crippen molar-refractivity contribution in [1.82, 2.24) is 20.3 Å². The Kier molecular flexibility index (Phi) is 4.24. The van der Waals surface area contributed by atoms with E-state index in [4.69, 9.17) is 5.73 Å². The van der Waals surface area contributed by atoms with Crippen molar-refractivity contribution in [1.29, 1.82) is 0 Å². The Hall–Kier alpha value is -2.54. The Balaban J connectivity index is 0.00000144. The monoisotopic (exact) mass is 302 g/mol. The van der Waals surface area contributed by atoms with Gasteiger partial charge in [0.2, 0.25) is 5.78 Å². The van der Waals surface area contributed by atoms with Crippen molar-refractivity contribution in [2.45, 2.75) is 6.42 Å². The molecule has 0 saturated carbocycles. The van der Waals surface area contributed by atoms with Crippen molar-refractivity contribution in [3.05, 3.63) is 42.0 Å². The second-order valence-electron chi connectivity index (χ2n) is 5.12. The fraction of sp³-hybridized carbons (Fsp3) is 0.333. The number of pyridine rings is 1. The van der Waals surface area contributed by atoms with Crippen LogP contribution in [0.1, 0.15) is 25.3 Å². The van der Waals surface area contributed by atoms with Gasteiger partial charge in [-0.2, -0.15) is 0 Å². The fourth-order valence-corrected chi connectivity index (χ4v) is 2.44. The highest BCUT2D eigenvalue weighted by atomic mass is 16.1. The first-order valence-electron chi connectivity index (χ1n) is 7.28. The first kappa shape index (κ1) is 14.4. The number of hydrogen-bond acceptors (Lipinski definition) is 7. The normalized spacial score (nSPS) is 15.4. The summed E-state index contributed by atoms with van der Waals surface area (Å²) in [6, 6.07) is 3.33. The molecule has 0 spiro atoms. The minimum absolute atomic E-state index is 0. The summed E-state index contributed by atoms with van der Waals surface area (Å²) in [6.45, 7) is 3.64. The van der Waals surface area contributed by atoms with Crippen LogP contribution in [0.5, 0.6) is 0 Å². The van der Waals surface area contributed by atoms with Gasteiger partial charge in [-0.3, -0.25) is 9.78 Å². The summed E-state index contributed by atoms with van der Waals surface area (Å²) in [5.74, 6) is 0.670. The van der Waals surface area contributed by atoms with Gasteiger partial charge in [-0.05, 0) is 25.1 Å². The molecule has 1 saturated heterocycles. The van der Waals surface area contributed by atoms with Crippen LogP contribution in [0.3, 0.4) is 0 Å². The highest BCUT2D eigenvalue weighted by molar-refractivity contribution is 6.10. The molecule has 2 aromatic rings. The minimum atomic E-state index is -0.257. The molecule has 3 rings (SSSR count). The van der Waals surface area contributed by atoms with E-state index in [0.29, 0.717) is 5.56 Å². The fourth-order valence-electron chi connectivity index (χ4n) is 2.44. The zero-order chi connectivity index (χ0) is 15.4. The van der Waals surface area contributed by atoms with E-state index in [1.54, 1.807) is 24.5 Å². The molecule has 1 aliphatic heterocycles. The van der Waals surface area contributed by atoms with Gasteiger partial charge in [0.05, 0.1) is 18.0 Å². The molecular formula is C15H22N6O. The molecular weight excluding hydrogens is 280 g/mol. The average molecular weight is 302 g/mol. The quantitative estimate of drug-likeness (QED) is 0.815. The summed E-state index contributed by atoms with van der Waals surface area (Å²) in [5, 5.41) is 3.34. The number of nitrogens with two attached hydrogens (primary N) is 1. The summed E-state index contributed by atoms with van der Waals surface area (Å²) in [5.41, 5.74) is 6.40. The van der Waals surface area contributed by atoms with Gasteiger partial charge in [0, 0.05) is 28.7 Å². The Morgan fingerprint density at radius 1 is 1.32 bits per heavy atom. The van der Waals surface area contributed by atoms with Crippen LogP contribution in [0.25, 0.3) is 0 Å². The number of nitrogens with one attached hydrogen (secondary N) is 1. The second kappa shape index (κ2) is 6.48. The standard InChI is InChI=1S/C15H18N6O.2H2/c16-15-11(3-1-5-19-15)14(22)12-9-18-10-13(20-12)21-7-2-4-17-6-8-21;;/h1,3,5,9-10,17H,2,4,6-8H2,(H2,16,19);2*1H. The molecule has 3 N–H and O–H groups in total.